The number of rotatable bonds is 5. The molecule has 2 unspecified atom stereocenters. The Balaban J connectivity index is 1.52. The van der Waals surface area contributed by atoms with Gasteiger partial charge >= 0.3 is 12.4 Å². The molecule has 2 aromatic carbocycles. The third kappa shape index (κ3) is 6.24. The Labute approximate surface area is 194 Å². The quantitative estimate of drug-likeness (QED) is 0.499. The average Bonchev–Trinajstić information content (AvgIpc) is 2.79. The predicted molar refractivity (Wildman–Crippen MR) is 117 cm³/mol. The highest BCUT2D eigenvalue weighted by molar-refractivity contribution is 5.41. The molecule has 4 rings (SSSR count). The summed E-state index contributed by atoms with van der Waals surface area (Å²) in [4.78, 5) is 0. The molecule has 2 fully saturated rings. The highest BCUT2D eigenvalue weighted by atomic mass is 19.4. The number of nitrogens with one attached hydrogen (secondary N) is 2. The van der Waals surface area contributed by atoms with E-state index < -0.39 is 23.5 Å². The largest absolute Gasteiger partial charge is 0.490 e. The van der Waals surface area contributed by atoms with E-state index in [0.29, 0.717) is 30.7 Å². The summed E-state index contributed by atoms with van der Waals surface area (Å²) in [6.07, 6.45) is -5.39. The minimum Gasteiger partial charge on any atom is -0.490 e. The molecule has 0 radical (unpaired) electrons. The second-order valence-electron chi connectivity index (χ2n) is 9.11. The molecule has 2 aliphatic rings. The third-order valence-corrected chi connectivity index (χ3v) is 6.61. The highest BCUT2D eigenvalue weighted by Crippen LogP contribution is 2.39. The van der Waals surface area contributed by atoms with Crippen molar-refractivity contribution in [1.82, 2.24) is 10.6 Å². The minimum atomic E-state index is -4.46. The summed E-state index contributed by atoms with van der Waals surface area (Å²) in [5, 5.41) is 6.57. The van der Waals surface area contributed by atoms with Crippen LogP contribution in [0.15, 0.2) is 42.5 Å². The van der Waals surface area contributed by atoms with Gasteiger partial charge in [-0.3, -0.25) is 0 Å². The van der Waals surface area contributed by atoms with E-state index in [9.17, 15) is 26.3 Å². The van der Waals surface area contributed by atoms with E-state index in [1.54, 1.807) is 0 Å². The molecular formula is C25H28F6N2O. The van der Waals surface area contributed by atoms with Gasteiger partial charge in [0.15, 0.2) is 0 Å². The molecule has 0 saturated carbocycles. The summed E-state index contributed by atoms with van der Waals surface area (Å²) >= 11 is 0. The molecule has 3 nitrogen and oxygen atoms in total. The number of halogens is 6. The highest BCUT2D eigenvalue weighted by Gasteiger charge is 2.34. The zero-order valence-corrected chi connectivity index (χ0v) is 18.6. The van der Waals surface area contributed by atoms with Gasteiger partial charge in [0.25, 0.3) is 0 Å². The Hall–Kier alpha value is -2.26. The van der Waals surface area contributed by atoms with Crippen LogP contribution >= 0.6 is 0 Å². The van der Waals surface area contributed by atoms with E-state index >= 15 is 0 Å². The fourth-order valence-electron chi connectivity index (χ4n) is 4.78. The van der Waals surface area contributed by atoms with E-state index in [1.807, 2.05) is 0 Å². The smallest absolute Gasteiger partial charge is 0.416 e. The van der Waals surface area contributed by atoms with Gasteiger partial charge < -0.3 is 15.4 Å². The second-order valence-corrected chi connectivity index (χ2v) is 9.11. The first-order chi connectivity index (χ1) is 16.1. The van der Waals surface area contributed by atoms with Crippen LogP contribution < -0.4 is 15.4 Å². The minimum absolute atomic E-state index is 0.0525. The van der Waals surface area contributed by atoms with Crippen molar-refractivity contribution in [2.75, 3.05) is 19.6 Å². The van der Waals surface area contributed by atoms with E-state index in [4.69, 9.17) is 4.74 Å². The van der Waals surface area contributed by atoms with Gasteiger partial charge in [-0.2, -0.15) is 26.3 Å². The second kappa shape index (κ2) is 10.2. The molecule has 2 aliphatic heterocycles. The van der Waals surface area contributed by atoms with Gasteiger partial charge in [-0.15, -0.1) is 0 Å². The van der Waals surface area contributed by atoms with Crippen molar-refractivity contribution in [3.8, 4) is 5.75 Å². The summed E-state index contributed by atoms with van der Waals surface area (Å²) in [7, 11) is 0. The van der Waals surface area contributed by atoms with Crippen LogP contribution in [0.2, 0.25) is 0 Å². The number of hydrogen-bond donors (Lipinski definition) is 2. The van der Waals surface area contributed by atoms with Gasteiger partial charge in [0.1, 0.15) is 11.9 Å². The lowest BCUT2D eigenvalue weighted by Gasteiger charge is -2.33. The Bertz CT molecular complexity index is 951. The maximum Gasteiger partial charge on any atom is 0.416 e. The molecule has 0 amide bonds. The zero-order valence-electron chi connectivity index (χ0n) is 18.6. The predicted octanol–water partition coefficient (Wildman–Crippen LogP) is 6.14. The molecule has 0 aliphatic carbocycles. The fraction of sp³-hybridized carbons (Fsp3) is 0.520. The van der Waals surface area contributed by atoms with Crippen LogP contribution in [0.4, 0.5) is 26.3 Å². The molecule has 9 heteroatoms. The third-order valence-electron chi connectivity index (χ3n) is 6.61. The van der Waals surface area contributed by atoms with Crippen molar-refractivity contribution >= 4 is 0 Å². The first-order valence-corrected chi connectivity index (χ1v) is 11.6. The molecule has 2 atom stereocenters. The topological polar surface area (TPSA) is 33.3 Å². The summed E-state index contributed by atoms with van der Waals surface area (Å²) in [6.45, 7) is 2.22. The number of ether oxygens (including phenoxy) is 1. The number of piperidine rings is 2. The number of benzene rings is 2. The first-order valence-electron chi connectivity index (χ1n) is 11.6. The van der Waals surface area contributed by atoms with Crippen LogP contribution in [-0.2, 0) is 18.8 Å². The molecule has 2 saturated heterocycles. The van der Waals surface area contributed by atoms with Gasteiger partial charge in [0, 0.05) is 11.6 Å². The molecule has 0 bridgehead atoms. The maximum absolute atomic E-state index is 13.5. The van der Waals surface area contributed by atoms with Crippen molar-refractivity contribution in [2.24, 2.45) is 5.92 Å². The van der Waals surface area contributed by atoms with Crippen LogP contribution in [-0.4, -0.2) is 25.7 Å². The van der Waals surface area contributed by atoms with E-state index in [-0.39, 0.29) is 18.1 Å². The maximum atomic E-state index is 13.5. The van der Waals surface area contributed by atoms with Crippen LogP contribution in [0.3, 0.4) is 0 Å². The van der Waals surface area contributed by atoms with Crippen LogP contribution in [0.25, 0.3) is 0 Å². The van der Waals surface area contributed by atoms with E-state index in [0.717, 1.165) is 56.1 Å². The molecule has 0 spiro atoms. The SMILES string of the molecule is FC(F)(F)c1ccc(CC2CCNC(c3cc(C(F)(F)F)ccc3OC3CCNCC3)C2)cc1. The van der Waals surface area contributed by atoms with Crippen LogP contribution in [0, 0.1) is 5.92 Å². The lowest BCUT2D eigenvalue weighted by molar-refractivity contribution is -0.138. The van der Waals surface area contributed by atoms with Gasteiger partial charge in [0.2, 0.25) is 0 Å². The zero-order chi connectivity index (χ0) is 24.3. The van der Waals surface area contributed by atoms with Crippen LogP contribution in [0.5, 0.6) is 5.75 Å². The van der Waals surface area contributed by atoms with Crippen molar-refractivity contribution in [3.63, 3.8) is 0 Å². The van der Waals surface area contributed by atoms with Gasteiger partial charge in [-0.05, 0) is 93.6 Å². The lowest BCUT2D eigenvalue weighted by Crippen LogP contribution is -2.35. The van der Waals surface area contributed by atoms with Gasteiger partial charge in [-0.1, -0.05) is 12.1 Å². The van der Waals surface area contributed by atoms with Crippen molar-refractivity contribution in [2.45, 2.75) is 56.6 Å². The standard InChI is InChI=1S/C25H28F6N2O/c26-24(27,28)18-3-1-16(2-4-18)13-17-7-12-33-22(14-17)21-15-19(25(29,30)31)5-6-23(21)34-20-8-10-32-11-9-20/h1-6,15,17,20,22,32-33H,7-14H2. The Morgan fingerprint density at radius 3 is 2.09 bits per heavy atom. The van der Waals surface area contributed by atoms with Gasteiger partial charge in [0.05, 0.1) is 11.1 Å². The summed E-state index contributed by atoms with van der Waals surface area (Å²) in [6, 6.07) is 8.44. The molecule has 2 heterocycles. The number of hydrogen-bond acceptors (Lipinski definition) is 3. The van der Waals surface area contributed by atoms with Crippen molar-refractivity contribution in [3.05, 3.63) is 64.7 Å². The first kappa shape index (κ1) is 24.9. The van der Waals surface area contributed by atoms with E-state index in [1.165, 1.54) is 24.3 Å². The Kier molecular flexibility index (Phi) is 7.42. The van der Waals surface area contributed by atoms with Gasteiger partial charge in [-0.25, -0.2) is 0 Å². The fourth-order valence-corrected chi connectivity index (χ4v) is 4.78. The average molecular weight is 487 g/mol. The summed E-state index contributed by atoms with van der Waals surface area (Å²) < 4.78 is 85.0. The van der Waals surface area contributed by atoms with Crippen LogP contribution in [0.1, 0.15) is 54.0 Å². The normalized spacial score (nSPS) is 22.5. The Morgan fingerprint density at radius 2 is 1.44 bits per heavy atom. The lowest BCUT2D eigenvalue weighted by atomic mass is 9.84. The van der Waals surface area contributed by atoms with Crippen molar-refractivity contribution in [1.29, 1.82) is 0 Å². The summed E-state index contributed by atoms with van der Waals surface area (Å²) in [5.41, 5.74) is -0.130. The molecule has 0 aromatic heterocycles. The molecule has 186 valence electrons. The molecule has 34 heavy (non-hydrogen) atoms. The monoisotopic (exact) mass is 486 g/mol. The van der Waals surface area contributed by atoms with Crippen molar-refractivity contribution < 1.29 is 31.1 Å². The molecular weight excluding hydrogens is 458 g/mol. The summed E-state index contributed by atoms with van der Waals surface area (Å²) in [5.74, 6) is 0.594. The Morgan fingerprint density at radius 1 is 0.794 bits per heavy atom. The number of alkyl halides is 6. The van der Waals surface area contributed by atoms with E-state index in [2.05, 4.69) is 10.6 Å². The molecule has 2 N–H and O–H groups in total. The molecule has 2 aromatic rings.